The van der Waals surface area contributed by atoms with Crippen LogP contribution in [0.15, 0.2) is 18.5 Å². The number of amides is 1. The van der Waals surface area contributed by atoms with Gasteiger partial charge in [0.15, 0.2) is 0 Å². The van der Waals surface area contributed by atoms with Crippen LogP contribution in [0.3, 0.4) is 0 Å². The molecule has 0 unspecified atom stereocenters. The standard InChI is InChI=1S/C10H15N5O/c11-14-9(16)8-2-6-15(7-3-8)10-12-4-1-5-13-10/h1,4-5,8H,2-3,6-7,11H2,(H,14,16). The highest BCUT2D eigenvalue weighted by molar-refractivity contribution is 5.78. The molecule has 2 rings (SSSR count). The van der Waals surface area contributed by atoms with E-state index in [0.717, 1.165) is 31.9 Å². The number of nitrogens with one attached hydrogen (secondary N) is 1. The third kappa shape index (κ3) is 2.27. The van der Waals surface area contributed by atoms with Gasteiger partial charge < -0.3 is 4.90 Å². The molecule has 1 aliphatic heterocycles. The zero-order chi connectivity index (χ0) is 11.4. The van der Waals surface area contributed by atoms with Crippen LogP contribution in [-0.4, -0.2) is 29.0 Å². The molecular formula is C10H15N5O. The Morgan fingerprint density at radius 3 is 2.56 bits per heavy atom. The summed E-state index contributed by atoms with van der Waals surface area (Å²) in [5.41, 5.74) is 2.20. The molecule has 0 aliphatic carbocycles. The number of hydrogen-bond acceptors (Lipinski definition) is 5. The Labute approximate surface area is 93.8 Å². The van der Waals surface area contributed by atoms with E-state index in [1.807, 2.05) is 0 Å². The molecular weight excluding hydrogens is 206 g/mol. The molecule has 1 aromatic heterocycles. The Morgan fingerprint density at radius 1 is 1.38 bits per heavy atom. The van der Waals surface area contributed by atoms with Gasteiger partial charge in [-0.05, 0) is 18.9 Å². The first-order valence-electron chi connectivity index (χ1n) is 5.33. The Morgan fingerprint density at radius 2 is 2.00 bits per heavy atom. The molecule has 3 N–H and O–H groups in total. The minimum Gasteiger partial charge on any atom is -0.341 e. The molecule has 6 nitrogen and oxygen atoms in total. The average Bonchev–Trinajstić information content (AvgIpc) is 2.39. The van der Waals surface area contributed by atoms with Crippen molar-refractivity contribution in [2.75, 3.05) is 18.0 Å². The van der Waals surface area contributed by atoms with Gasteiger partial charge in [0, 0.05) is 31.4 Å². The lowest BCUT2D eigenvalue weighted by Gasteiger charge is -2.30. The third-order valence-corrected chi connectivity index (χ3v) is 2.84. The van der Waals surface area contributed by atoms with E-state index in [2.05, 4.69) is 20.3 Å². The van der Waals surface area contributed by atoms with Gasteiger partial charge in [-0.3, -0.25) is 10.2 Å². The molecule has 16 heavy (non-hydrogen) atoms. The minimum absolute atomic E-state index is 0.0185. The maximum atomic E-state index is 11.3. The van der Waals surface area contributed by atoms with Crippen molar-refractivity contribution in [2.45, 2.75) is 12.8 Å². The van der Waals surface area contributed by atoms with Gasteiger partial charge in [0.25, 0.3) is 0 Å². The van der Waals surface area contributed by atoms with Gasteiger partial charge in [-0.2, -0.15) is 0 Å². The Balaban J connectivity index is 1.93. The zero-order valence-electron chi connectivity index (χ0n) is 8.97. The van der Waals surface area contributed by atoms with E-state index in [4.69, 9.17) is 5.84 Å². The molecule has 1 saturated heterocycles. The second-order valence-electron chi connectivity index (χ2n) is 3.82. The Bertz CT molecular complexity index is 347. The van der Waals surface area contributed by atoms with Crippen molar-refractivity contribution in [3.8, 4) is 0 Å². The van der Waals surface area contributed by atoms with E-state index in [1.165, 1.54) is 0 Å². The highest BCUT2D eigenvalue weighted by Gasteiger charge is 2.25. The van der Waals surface area contributed by atoms with Gasteiger partial charge in [0.05, 0.1) is 0 Å². The molecule has 1 aliphatic rings. The van der Waals surface area contributed by atoms with Crippen molar-refractivity contribution >= 4 is 11.9 Å². The molecule has 1 aromatic rings. The molecule has 1 amide bonds. The van der Waals surface area contributed by atoms with Crippen LogP contribution in [0.2, 0.25) is 0 Å². The summed E-state index contributed by atoms with van der Waals surface area (Å²) in [4.78, 5) is 21.8. The summed E-state index contributed by atoms with van der Waals surface area (Å²) in [5, 5.41) is 0. The van der Waals surface area contributed by atoms with Crippen molar-refractivity contribution in [1.82, 2.24) is 15.4 Å². The van der Waals surface area contributed by atoms with Gasteiger partial charge in [-0.1, -0.05) is 0 Å². The molecule has 0 aromatic carbocycles. The molecule has 0 bridgehead atoms. The van der Waals surface area contributed by atoms with E-state index in [9.17, 15) is 4.79 Å². The summed E-state index contributed by atoms with van der Waals surface area (Å²) in [6.07, 6.45) is 5.03. The number of aromatic nitrogens is 2. The summed E-state index contributed by atoms with van der Waals surface area (Å²) in [5.74, 6) is 5.78. The molecule has 1 fully saturated rings. The third-order valence-electron chi connectivity index (χ3n) is 2.84. The topological polar surface area (TPSA) is 84.1 Å². The highest BCUT2D eigenvalue weighted by atomic mass is 16.2. The van der Waals surface area contributed by atoms with E-state index in [1.54, 1.807) is 18.5 Å². The summed E-state index contributed by atoms with van der Waals surface area (Å²) in [7, 11) is 0. The number of carbonyl (C=O) groups excluding carboxylic acids is 1. The maximum Gasteiger partial charge on any atom is 0.237 e. The SMILES string of the molecule is NNC(=O)C1CCN(c2ncccn2)CC1. The fourth-order valence-electron chi connectivity index (χ4n) is 1.91. The monoisotopic (exact) mass is 221 g/mol. The first kappa shape index (κ1) is 10.8. The van der Waals surface area contributed by atoms with Gasteiger partial charge in [0.2, 0.25) is 11.9 Å². The number of hydrazine groups is 1. The second-order valence-corrected chi connectivity index (χ2v) is 3.82. The van der Waals surface area contributed by atoms with Gasteiger partial charge in [-0.15, -0.1) is 0 Å². The van der Waals surface area contributed by atoms with Crippen LogP contribution < -0.4 is 16.2 Å². The lowest BCUT2D eigenvalue weighted by molar-refractivity contribution is -0.125. The quantitative estimate of drug-likeness (QED) is 0.406. The van der Waals surface area contributed by atoms with E-state index in [-0.39, 0.29) is 11.8 Å². The minimum atomic E-state index is -0.0753. The molecule has 2 heterocycles. The number of piperidine rings is 1. The fraction of sp³-hybridized carbons (Fsp3) is 0.500. The lowest BCUT2D eigenvalue weighted by atomic mass is 9.96. The van der Waals surface area contributed by atoms with Crippen LogP contribution in [-0.2, 0) is 4.79 Å². The second kappa shape index (κ2) is 4.89. The number of hydrogen-bond donors (Lipinski definition) is 2. The number of carbonyl (C=O) groups is 1. The fourth-order valence-corrected chi connectivity index (χ4v) is 1.91. The van der Waals surface area contributed by atoms with Crippen molar-refractivity contribution < 1.29 is 4.79 Å². The molecule has 0 atom stereocenters. The van der Waals surface area contributed by atoms with Crippen molar-refractivity contribution in [3.05, 3.63) is 18.5 Å². The van der Waals surface area contributed by atoms with Crippen molar-refractivity contribution in [3.63, 3.8) is 0 Å². The number of nitrogens with two attached hydrogens (primary N) is 1. The summed E-state index contributed by atoms with van der Waals surface area (Å²) >= 11 is 0. The number of anilines is 1. The van der Waals surface area contributed by atoms with E-state index in [0.29, 0.717) is 0 Å². The van der Waals surface area contributed by atoms with Crippen LogP contribution in [0.5, 0.6) is 0 Å². The van der Waals surface area contributed by atoms with Crippen molar-refractivity contribution in [2.24, 2.45) is 11.8 Å². The van der Waals surface area contributed by atoms with E-state index < -0.39 is 0 Å². The first-order chi connectivity index (χ1) is 7.81. The normalized spacial score (nSPS) is 17.2. The maximum absolute atomic E-state index is 11.3. The summed E-state index contributed by atoms with van der Waals surface area (Å²) < 4.78 is 0. The van der Waals surface area contributed by atoms with E-state index >= 15 is 0 Å². The highest BCUT2D eigenvalue weighted by Crippen LogP contribution is 2.19. The largest absolute Gasteiger partial charge is 0.341 e. The van der Waals surface area contributed by atoms with Crippen LogP contribution in [0.4, 0.5) is 5.95 Å². The van der Waals surface area contributed by atoms with Gasteiger partial charge in [0.1, 0.15) is 0 Å². The van der Waals surface area contributed by atoms with Crippen LogP contribution in [0.25, 0.3) is 0 Å². The van der Waals surface area contributed by atoms with Crippen LogP contribution >= 0.6 is 0 Å². The number of rotatable bonds is 2. The molecule has 6 heteroatoms. The van der Waals surface area contributed by atoms with Crippen LogP contribution in [0.1, 0.15) is 12.8 Å². The van der Waals surface area contributed by atoms with Gasteiger partial charge >= 0.3 is 0 Å². The van der Waals surface area contributed by atoms with Crippen LogP contribution in [0, 0.1) is 5.92 Å². The molecule has 0 saturated carbocycles. The average molecular weight is 221 g/mol. The lowest BCUT2D eigenvalue weighted by Crippen LogP contribution is -2.43. The smallest absolute Gasteiger partial charge is 0.237 e. The molecule has 86 valence electrons. The summed E-state index contributed by atoms with van der Waals surface area (Å²) in [6, 6.07) is 1.79. The first-order valence-corrected chi connectivity index (χ1v) is 5.33. The van der Waals surface area contributed by atoms with Gasteiger partial charge in [-0.25, -0.2) is 15.8 Å². The van der Waals surface area contributed by atoms with Crippen molar-refractivity contribution in [1.29, 1.82) is 0 Å². The predicted octanol–water partition coefficient (Wildman–Crippen LogP) is -0.317. The molecule has 0 spiro atoms. The Kier molecular flexibility index (Phi) is 3.31. The molecule has 0 radical (unpaired) electrons. The zero-order valence-corrected chi connectivity index (χ0v) is 8.97. The Hall–Kier alpha value is -1.69. The summed E-state index contributed by atoms with van der Waals surface area (Å²) in [6.45, 7) is 1.59. The number of nitrogens with zero attached hydrogens (tertiary/aromatic N) is 3. The predicted molar refractivity (Wildman–Crippen MR) is 59.3 cm³/mol.